The summed E-state index contributed by atoms with van der Waals surface area (Å²) in [6, 6.07) is 12.8. The number of para-hydroxylation sites is 1. The largest absolute Gasteiger partial charge is 0.488 e. The van der Waals surface area contributed by atoms with Crippen LogP contribution in [0.4, 0.5) is 5.69 Å². The molecule has 0 heterocycles. The van der Waals surface area contributed by atoms with Gasteiger partial charge in [0.2, 0.25) is 0 Å². The number of ether oxygens (including phenoxy) is 1. The number of aromatic carboxylic acids is 2. The van der Waals surface area contributed by atoms with E-state index in [0.717, 1.165) is 5.56 Å². The molecule has 0 bridgehead atoms. The first-order valence-electron chi connectivity index (χ1n) is 9.00. The molecule has 30 heavy (non-hydrogen) atoms. The van der Waals surface area contributed by atoms with Crippen molar-refractivity contribution < 1.29 is 24.5 Å². The van der Waals surface area contributed by atoms with Crippen molar-refractivity contribution in [3.8, 4) is 0 Å². The molecule has 2 unspecified atom stereocenters. The minimum absolute atomic E-state index is 0.0996. The van der Waals surface area contributed by atoms with Crippen molar-refractivity contribution >= 4 is 40.8 Å². The van der Waals surface area contributed by atoms with Crippen molar-refractivity contribution in [3.05, 3.63) is 88.2 Å². The first-order valence-corrected chi connectivity index (χ1v) is 9.82. The molecule has 3 N–H and O–H groups in total. The fourth-order valence-electron chi connectivity index (χ4n) is 3.01. The maximum absolute atomic E-state index is 11.5. The number of alkyl halides is 1. The minimum atomic E-state index is -1.07. The SMILES string of the molecule is CC1(Nc2ccccc2C(=O)O)C(Cl)=C(OCc2ccc(C(=O)O)cc2)C=CC1Cl. The Hall–Kier alpha value is -2.96. The average Bonchev–Trinajstić information content (AvgIpc) is 2.72. The van der Waals surface area contributed by atoms with Crippen LogP contribution in [0, 0.1) is 0 Å². The molecular weight excluding hydrogens is 429 g/mol. The number of nitrogens with one attached hydrogen (secondary N) is 1. The number of allylic oxidation sites excluding steroid dienone is 1. The smallest absolute Gasteiger partial charge is 0.337 e. The van der Waals surface area contributed by atoms with Crippen LogP contribution in [0.1, 0.15) is 33.2 Å². The molecule has 0 saturated heterocycles. The number of carbonyl (C=O) groups is 2. The van der Waals surface area contributed by atoms with Crippen molar-refractivity contribution in [2.45, 2.75) is 24.4 Å². The minimum Gasteiger partial charge on any atom is -0.488 e. The van der Waals surface area contributed by atoms with Gasteiger partial charge in [-0.05, 0) is 42.8 Å². The second-order valence-electron chi connectivity index (χ2n) is 6.91. The molecule has 156 valence electrons. The molecular formula is C22H19Cl2NO5. The molecule has 2 aromatic rings. The Kier molecular flexibility index (Phi) is 6.39. The van der Waals surface area contributed by atoms with Gasteiger partial charge in [0.05, 0.1) is 27.1 Å². The fourth-order valence-corrected chi connectivity index (χ4v) is 3.59. The van der Waals surface area contributed by atoms with Crippen LogP contribution in [0.5, 0.6) is 0 Å². The normalized spacial score (nSPS) is 20.7. The molecule has 0 spiro atoms. The summed E-state index contributed by atoms with van der Waals surface area (Å²) in [5, 5.41) is 21.3. The molecule has 0 aromatic heterocycles. The third kappa shape index (κ3) is 4.45. The van der Waals surface area contributed by atoms with Gasteiger partial charge in [-0.15, -0.1) is 11.6 Å². The van der Waals surface area contributed by atoms with E-state index in [1.54, 1.807) is 49.4 Å². The van der Waals surface area contributed by atoms with Crippen molar-refractivity contribution in [1.82, 2.24) is 0 Å². The van der Waals surface area contributed by atoms with E-state index in [4.69, 9.17) is 33.0 Å². The highest BCUT2D eigenvalue weighted by molar-refractivity contribution is 6.34. The maximum Gasteiger partial charge on any atom is 0.337 e. The molecule has 0 amide bonds. The van der Waals surface area contributed by atoms with Gasteiger partial charge in [0, 0.05) is 5.69 Å². The standard InChI is InChI=1S/C22H19Cl2NO5/c1-22(25-16-5-3-2-4-15(16)21(28)29)18(23)11-10-17(19(22)24)30-12-13-6-8-14(9-7-13)20(26)27/h2-11,18,25H,12H2,1H3,(H,26,27)(H,28,29). The predicted molar refractivity (Wildman–Crippen MR) is 115 cm³/mol. The number of rotatable bonds is 7. The van der Waals surface area contributed by atoms with E-state index in [1.807, 2.05) is 0 Å². The summed E-state index contributed by atoms with van der Waals surface area (Å²) in [6.07, 6.45) is 3.38. The first kappa shape index (κ1) is 21.7. The van der Waals surface area contributed by atoms with Crippen molar-refractivity contribution in [2.75, 3.05) is 5.32 Å². The van der Waals surface area contributed by atoms with E-state index in [1.165, 1.54) is 18.2 Å². The van der Waals surface area contributed by atoms with Gasteiger partial charge in [0.15, 0.2) is 0 Å². The van der Waals surface area contributed by atoms with E-state index in [2.05, 4.69) is 5.32 Å². The second kappa shape index (κ2) is 8.81. The lowest BCUT2D eigenvalue weighted by molar-refractivity contribution is 0.0686. The lowest BCUT2D eigenvalue weighted by Gasteiger charge is -2.37. The summed E-state index contributed by atoms with van der Waals surface area (Å²) < 4.78 is 5.84. The van der Waals surface area contributed by atoms with Crippen LogP contribution in [0.25, 0.3) is 0 Å². The van der Waals surface area contributed by atoms with Crippen LogP contribution in [0.15, 0.2) is 71.5 Å². The van der Waals surface area contributed by atoms with Crippen LogP contribution >= 0.6 is 23.2 Å². The third-order valence-electron chi connectivity index (χ3n) is 4.79. The van der Waals surface area contributed by atoms with Crippen molar-refractivity contribution in [3.63, 3.8) is 0 Å². The first-order chi connectivity index (χ1) is 14.2. The van der Waals surface area contributed by atoms with Crippen LogP contribution < -0.4 is 5.32 Å². The highest BCUT2D eigenvalue weighted by Crippen LogP contribution is 2.39. The molecule has 0 fully saturated rings. The van der Waals surface area contributed by atoms with Crippen LogP contribution in [-0.2, 0) is 11.3 Å². The maximum atomic E-state index is 11.5. The van der Waals surface area contributed by atoms with E-state index < -0.39 is 22.9 Å². The van der Waals surface area contributed by atoms with Crippen molar-refractivity contribution in [1.29, 1.82) is 0 Å². The molecule has 3 rings (SSSR count). The topological polar surface area (TPSA) is 95.9 Å². The zero-order chi connectivity index (χ0) is 21.9. The molecule has 0 aliphatic heterocycles. The quantitative estimate of drug-likeness (QED) is 0.511. The molecule has 6 nitrogen and oxygen atoms in total. The summed E-state index contributed by atoms with van der Waals surface area (Å²) in [4.78, 5) is 22.5. The van der Waals surface area contributed by atoms with E-state index in [0.29, 0.717) is 16.5 Å². The summed E-state index contributed by atoms with van der Waals surface area (Å²) in [5.74, 6) is -1.68. The lowest BCUT2D eigenvalue weighted by atomic mass is 9.90. The molecule has 1 aliphatic rings. The van der Waals surface area contributed by atoms with E-state index in [-0.39, 0.29) is 17.7 Å². The van der Waals surface area contributed by atoms with Crippen LogP contribution in [-0.4, -0.2) is 33.1 Å². The zero-order valence-corrected chi connectivity index (χ0v) is 17.4. The molecule has 0 saturated carbocycles. The number of carboxylic acid groups (broad SMARTS) is 2. The van der Waals surface area contributed by atoms with E-state index in [9.17, 15) is 14.7 Å². The van der Waals surface area contributed by atoms with Gasteiger partial charge in [0.25, 0.3) is 0 Å². The Bertz CT molecular complexity index is 1030. The van der Waals surface area contributed by atoms with Gasteiger partial charge in [-0.25, -0.2) is 9.59 Å². The molecule has 8 heteroatoms. The van der Waals surface area contributed by atoms with Crippen molar-refractivity contribution in [2.24, 2.45) is 0 Å². The fraction of sp³-hybridized carbons (Fsp3) is 0.182. The molecule has 0 radical (unpaired) electrons. The Balaban J connectivity index is 1.83. The number of hydrogen-bond acceptors (Lipinski definition) is 4. The van der Waals surface area contributed by atoms with Gasteiger partial charge in [-0.3, -0.25) is 0 Å². The Morgan fingerprint density at radius 2 is 1.77 bits per heavy atom. The van der Waals surface area contributed by atoms with Gasteiger partial charge in [-0.1, -0.05) is 41.9 Å². The number of anilines is 1. The summed E-state index contributed by atoms with van der Waals surface area (Å²) >= 11 is 13.1. The summed E-state index contributed by atoms with van der Waals surface area (Å²) in [6.45, 7) is 1.94. The van der Waals surface area contributed by atoms with Crippen LogP contribution in [0.3, 0.4) is 0 Å². The summed E-state index contributed by atoms with van der Waals surface area (Å²) in [5.41, 5.74) is 0.431. The van der Waals surface area contributed by atoms with Gasteiger partial charge >= 0.3 is 11.9 Å². The van der Waals surface area contributed by atoms with Gasteiger partial charge in [0.1, 0.15) is 12.4 Å². The molecule has 2 aromatic carbocycles. The number of carboxylic acids is 2. The monoisotopic (exact) mass is 447 g/mol. The lowest BCUT2D eigenvalue weighted by Crippen LogP contribution is -2.46. The Morgan fingerprint density at radius 3 is 2.40 bits per heavy atom. The van der Waals surface area contributed by atoms with E-state index >= 15 is 0 Å². The van der Waals surface area contributed by atoms with Crippen LogP contribution in [0.2, 0.25) is 0 Å². The Labute approximate surface area is 183 Å². The van der Waals surface area contributed by atoms with Gasteiger partial charge < -0.3 is 20.3 Å². The average molecular weight is 448 g/mol. The Morgan fingerprint density at radius 1 is 1.10 bits per heavy atom. The number of halogens is 2. The zero-order valence-electron chi connectivity index (χ0n) is 15.9. The molecule has 2 atom stereocenters. The van der Waals surface area contributed by atoms with Gasteiger partial charge in [-0.2, -0.15) is 0 Å². The highest BCUT2D eigenvalue weighted by atomic mass is 35.5. The molecule has 1 aliphatic carbocycles. The third-order valence-corrected chi connectivity index (χ3v) is 5.95. The number of hydrogen-bond donors (Lipinski definition) is 3. The highest BCUT2D eigenvalue weighted by Gasteiger charge is 2.40. The summed E-state index contributed by atoms with van der Waals surface area (Å²) in [7, 11) is 0. The number of benzene rings is 2. The predicted octanol–water partition coefficient (Wildman–Crippen LogP) is 5.10. The second-order valence-corrected chi connectivity index (χ2v) is 7.76.